The van der Waals surface area contributed by atoms with Crippen molar-refractivity contribution in [2.24, 2.45) is 5.92 Å². The Morgan fingerprint density at radius 1 is 1.14 bits per heavy atom. The highest BCUT2D eigenvalue weighted by molar-refractivity contribution is 6.42. The fourth-order valence-electron chi connectivity index (χ4n) is 3.05. The molecule has 8 heteroatoms. The molecule has 1 aliphatic heterocycles. The van der Waals surface area contributed by atoms with Crippen LogP contribution in [-0.4, -0.2) is 30.9 Å². The second-order valence-corrected chi connectivity index (χ2v) is 7.52. The molecule has 6 nitrogen and oxygen atoms in total. The number of esters is 1. The molecule has 2 amide bonds. The Labute approximate surface area is 178 Å². The highest BCUT2D eigenvalue weighted by Gasteiger charge is 2.36. The molecule has 0 aromatic heterocycles. The fraction of sp³-hybridized carbons (Fsp3) is 0.286. The lowest BCUT2D eigenvalue weighted by atomic mass is 10.1. The maximum Gasteiger partial charge on any atom is 0.311 e. The van der Waals surface area contributed by atoms with Gasteiger partial charge in [-0.25, -0.2) is 0 Å². The first-order valence-corrected chi connectivity index (χ1v) is 9.93. The second-order valence-electron chi connectivity index (χ2n) is 6.71. The summed E-state index contributed by atoms with van der Waals surface area (Å²) < 4.78 is 5.09. The van der Waals surface area contributed by atoms with E-state index in [9.17, 15) is 14.4 Å². The van der Waals surface area contributed by atoms with E-state index in [1.807, 2.05) is 24.3 Å². The van der Waals surface area contributed by atoms with E-state index in [0.29, 0.717) is 15.7 Å². The van der Waals surface area contributed by atoms with Gasteiger partial charge in [-0.3, -0.25) is 14.4 Å². The Hall–Kier alpha value is -2.57. The van der Waals surface area contributed by atoms with Crippen molar-refractivity contribution in [2.75, 3.05) is 23.4 Å². The first-order chi connectivity index (χ1) is 13.9. The van der Waals surface area contributed by atoms with Crippen molar-refractivity contribution in [1.29, 1.82) is 0 Å². The van der Waals surface area contributed by atoms with Crippen LogP contribution < -0.4 is 10.2 Å². The third-order valence-electron chi connectivity index (χ3n) is 4.66. The van der Waals surface area contributed by atoms with Gasteiger partial charge in [0.1, 0.15) is 0 Å². The van der Waals surface area contributed by atoms with Gasteiger partial charge < -0.3 is 15.0 Å². The minimum Gasteiger partial charge on any atom is -0.455 e. The van der Waals surface area contributed by atoms with E-state index < -0.39 is 24.4 Å². The summed E-state index contributed by atoms with van der Waals surface area (Å²) in [6.07, 6.45) is 0.968. The van der Waals surface area contributed by atoms with Crippen LogP contribution in [0.1, 0.15) is 18.9 Å². The van der Waals surface area contributed by atoms with Crippen LogP contribution in [-0.2, 0) is 25.5 Å². The van der Waals surface area contributed by atoms with Crippen molar-refractivity contribution in [1.82, 2.24) is 0 Å². The van der Waals surface area contributed by atoms with Gasteiger partial charge in [-0.1, -0.05) is 42.3 Å². The third-order valence-corrected chi connectivity index (χ3v) is 5.40. The molecule has 3 rings (SSSR count). The predicted molar refractivity (Wildman–Crippen MR) is 112 cm³/mol. The van der Waals surface area contributed by atoms with E-state index in [1.54, 1.807) is 17.0 Å². The van der Waals surface area contributed by atoms with Crippen molar-refractivity contribution in [2.45, 2.75) is 19.8 Å². The number of amides is 2. The largest absolute Gasteiger partial charge is 0.455 e. The quantitative estimate of drug-likeness (QED) is 0.694. The highest BCUT2D eigenvalue weighted by Crippen LogP contribution is 2.27. The van der Waals surface area contributed by atoms with Crippen molar-refractivity contribution >= 4 is 52.4 Å². The maximum absolute atomic E-state index is 12.3. The van der Waals surface area contributed by atoms with E-state index in [-0.39, 0.29) is 18.9 Å². The lowest BCUT2D eigenvalue weighted by Gasteiger charge is -2.17. The zero-order valence-corrected chi connectivity index (χ0v) is 17.3. The second kappa shape index (κ2) is 9.29. The van der Waals surface area contributed by atoms with Crippen molar-refractivity contribution in [3.8, 4) is 0 Å². The van der Waals surface area contributed by atoms with Crippen molar-refractivity contribution < 1.29 is 19.1 Å². The third kappa shape index (κ3) is 5.28. The molecule has 1 saturated heterocycles. The number of rotatable bonds is 6. The number of nitrogens with zero attached hydrogens (tertiary/aromatic N) is 1. The molecular formula is C21H20Cl2N2O4. The maximum atomic E-state index is 12.3. The van der Waals surface area contributed by atoms with Crippen LogP contribution in [0.25, 0.3) is 0 Å². The summed E-state index contributed by atoms with van der Waals surface area (Å²) in [4.78, 5) is 38.2. The minimum absolute atomic E-state index is 0.0583. The monoisotopic (exact) mass is 434 g/mol. The molecule has 152 valence electrons. The molecule has 2 aromatic rings. The number of carbonyl (C=O) groups excluding carboxylic acids is 3. The van der Waals surface area contributed by atoms with Gasteiger partial charge in [0.05, 0.1) is 16.0 Å². The molecule has 2 aromatic carbocycles. The molecule has 1 N–H and O–H groups in total. The van der Waals surface area contributed by atoms with Crippen LogP contribution in [0.5, 0.6) is 0 Å². The molecule has 1 fully saturated rings. The van der Waals surface area contributed by atoms with E-state index in [1.165, 1.54) is 11.6 Å². The summed E-state index contributed by atoms with van der Waals surface area (Å²) in [6.45, 7) is 1.84. The van der Waals surface area contributed by atoms with Gasteiger partial charge in [0.15, 0.2) is 6.61 Å². The molecular weight excluding hydrogens is 415 g/mol. The molecule has 1 aliphatic rings. The number of hydrogen-bond acceptors (Lipinski definition) is 4. The zero-order chi connectivity index (χ0) is 21.0. The topological polar surface area (TPSA) is 75.7 Å². The summed E-state index contributed by atoms with van der Waals surface area (Å²) in [5.41, 5.74) is 2.36. The zero-order valence-electron chi connectivity index (χ0n) is 15.8. The molecule has 0 bridgehead atoms. The SMILES string of the molecule is CCc1ccc(N2C[C@H](C(=O)OCC(=O)Nc3ccc(Cl)c(Cl)c3)CC2=O)cc1. The van der Waals surface area contributed by atoms with E-state index in [0.717, 1.165) is 12.1 Å². The Bertz CT molecular complexity index is 931. The van der Waals surface area contributed by atoms with Crippen LogP contribution in [0.4, 0.5) is 11.4 Å². The average molecular weight is 435 g/mol. The summed E-state index contributed by atoms with van der Waals surface area (Å²) in [5, 5.41) is 3.25. The molecule has 0 spiro atoms. The number of aryl methyl sites for hydroxylation is 1. The van der Waals surface area contributed by atoms with Gasteiger partial charge in [-0.05, 0) is 42.3 Å². The number of anilines is 2. The van der Waals surface area contributed by atoms with Crippen LogP contribution in [0.2, 0.25) is 10.0 Å². The minimum atomic E-state index is -0.605. The molecule has 0 unspecified atom stereocenters. The molecule has 0 aliphatic carbocycles. The van der Waals surface area contributed by atoms with Gasteiger partial charge in [0.25, 0.3) is 5.91 Å². The number of ether oxygens (including phenoxy) is 1. The lowest BCUT2D eigenvalue weighted by Crippen LogP contribution is -2.28. The summed E-state index contributed by atoms with van der Waals surface area (Å²) in [5.74, 6) is -1.83. The summed E-state index contributed by atoms with van der Waals surface area (Å²) >= 11 is 11.7. The normalized spacial score (nSPS) is 16.0. The van der Waals surface area contributed by atoms with Crippen LogP contribution in [0, 0.1) is 5.92 Å². The van der Waals surface area contributed by atoms with Gasteiger partial charge in [0, 0.05) is 24.3 Å². The number of hydrogen-bond donors (Lipinski definition) is 1. The number of carbonyl (C=O) groups is 3. The summed E-state index contributed by atoms with van der Waals surface area (Å²) in [7, 11) is 0. The van der Waals surface area contributed by atoms with Gasteiger partial charge in [0.2, 0.25) is 5.91 Å². The van der Waals surface area contributed by atoms with E-state index >= 15 is 0 Å². The fourth-order valence-corrected chi connectivity index (χ4v) is 3.35. The number of benzene rings is 2. The highest BCUT2D eigenvalue weighted by atomic mass is 35.5. The first-order valence-electron chi connectivity index (χ1n) is 9.18. The first kappa shape index (κ1) is 21.1. The van der Waals surface area contributed by atoms with Crippen molar-refractivity contribution in [3.63, 3.8) is 0 Å². The Kier molecular flexibility index (Phi) is 6.77. The van der Waals surface area contributed by atoms with Gasteiger partial charge >= 0.3 is 5.97 Å². The molecule has 0 radical (unpaired) electrons. The Balaban J connectivity index is 1.52. The van der Waals surface area contributed by atoms with Crippen molar-refractivity contribution in [3.05, 3.63) is 58.1 Å². The molecule has 1 heterocycles. The van der Waals surface area contributed by atoms with E-state index in [2.05, 4.69) is 12.2 Å². The smallest absolute Gasteiger partial charge is 0.311 e. The molecule has 29 heavy (non-hydrogen) atoms. The Morgan fingerprint density at radius 2 is 1.86 bits per heavy atom. The number of halogens is 2. The molecule has 1 atom stereocenters. The summed E-state index contributed by atoms with van der Waals surface area (Å²) in [6, 6.07) is 12.3. The van der Waals surface area contributed by atoms with Crippen LogP contribution >= 0.6 is 23.2 Å². The van der Waals surface area contributed by atoms with Crippen LogP contribution in [0.15, 0.2) is 42.5 Å². The Morgan fingerprint density at radius 3 is 2.52 bits per heavy atom. The predicted octanol–water partition coefficient (Wildman–Crippen LogP) is 4.09. The standard InChI is InChI=1S/C21H20Cl2N2O4/c1-2-13-3-6-16(7-4-13)25-11-14(9-20(25)27)21(28)29-12-19(26)24-15-5-8-17(22)18(23)10-15/h3-8,10,14H,2,9,11-12H2,1H3,(H,24,26)/t14-/m1/s1. The average Bonchev–Trinajstić information content (AvgIpc) is 3.11. The number of nitrogens with one attached hydrogen (secondary N) is 1. The van der Waals surface area contributed by atoms with Gasteiger partial charge in [-0.2, -0.15) is 0 Å². The van der Waals surface area contributed by atoms with Gasteiger partial charge in [-0.15, -0.1) is 0 Å². The lowest BCUT2D eigenvalue weighted by molar-refractivity contribution is -0.151. The van der Waals surface area contributed by atoms with E-state index in [4.69, 9.17) is 27.9 Å². The molecule has 0 saturated carbocycles. The van der Waals surface area contributed by atoms with Crippen LogP contribution in [0.3, 0.4) is 0 Å².